The molecule has 0 aromatic heterocycles. The lowest BCUT2D eigenvalue weighted by Crippen LogP contribution is -2.39. The van der Waals surface area contributed by atoms with Crippen molar-refractivity contribution in [3.8, 4) is 0 Å². The standard InChI is InChI=1S/C22H26BrN3O3S/c1-17-8-14-21(15-9-17)30(28,29)26(20-12-10-18(23)11-13-20)16-22(27)25-24-19-6-4-2-3-5-7-19/h8-15H,2-7,16H2,1H3,(H,25,27). The summed E-state index contributed by atoms with van der Waals surface area (Å²) in [5, 5.41) is 4.26. The molecule has 8 heteroatoms. The predicted octanol–water partition coefficient (Wildman–Crippen LogP) is 4.78. The van der Waals surface area contributed by atoms with E-state index in [0.717, 1.165) is 45.7 Å². The zero-order valence-corrected chi connectivity index (χ0v) is 19.4. The van der Waals surface area contributed by atoms with Crippen LogP contribution in [0, 0.1) is 6.92 Å². The first kappa shape index (κ1) is 22.5. The Kier molecular flexibility index (Phi) is 7.66. The Morgan fingerprint density at radius 2 is 1.60 bits per heavy atom. The van der Waals surface area contributed by atoms with Gasteiger partial charge in [-0.1, -0.05) is 46.5 Å². The van der Waals surface area contributed by atoms with Crippen molar-refractivity contribution >= 4 is 43.3 Å². The molecule has 0 aliphatic heterocycles. The first-order chi connectivity index (χ1) is 14.4. The van der Waals surface area contributed by atoms with Crippen LogP contribution in [0.15, 0.2) is 63.0 Å². The van der Waals surface area contributed by atoms with Gasteiger partial charge in [0.05, 0.1) is 10.6 Å². The molecule has 0 unspecified atom stereocenters. The van der Waals surface area contributed by atoms with Gasteiger partial charge in [0.25, 0.3) is 15.9 Å². The summed E-state index contributed by atoms with van der Waals surface area (Å²) in [7, 11) is -3.92. The Balaban J connectivity index is 1.84. The fourth-order valence-electron chi connectivity index (χ4n) is 3.32. The van der Waals surface area contributed by atoms with E-state index in [0.29, 0.717) is 5.69 Å². The molecule has 1 aliphatic carbocycles. The number of hydrazone groups is 1. The van der Waals surface area contributed by atoms with Gasteiger partial charge in [-0.3, -0.25) is 9.10 Å². The Morgan fingerprint density at radius 3 is 2.20 bits per heavy atom. The van der Waals surface area contributed by atoms with Crippen LogP contribution in [0.4, 0.5) is 5.69 Å². The summed E-state index contributed by atoms with van der Waals surface area (Å²) in [5.74, 6) is -0.467. The average molecular weight is 492 g/mol. The highest BCUT2D eigenvalue weighted by Gasteiger charge is 2.27. The second kappa shape index (κ2) is 10.2. The number of nitrogens with one attached hydrogen (secondary N) is 1. The first-order valence-corrected chi connectivity index (χ1v) is 12.3. The lowest BCUT2D eigenvalue weighted by atomic mass is 10.2. The Labute approximate surface area is 186 Å². The lowest BCUT2D eigenvalue weighted by molar-refractivity contribution is -0.119. The van der Waals surface area contributed by atoms with Crippen molar-refractivity contribution in [3.63, 3.8) is 0 Å². The molecule has 1 amide bonds. The summed E-state index contributed by atoms with van der Waals surface area (Å²) in [6.45, 7) is 1.54. The molecule has 3 rings (SSSR count). The number of rotatable bonds is 6. The van der Waals surface area contributed by atoms with Gasteiger partial charge in [0.2, 0.25) is 0 Å². The zero-order valence-electron chi connectivity index (χ0n) is 17.0. The molecule has 0 radical (unpaired) electrons. The molecular weight excluding hydrogens is 466 g/mol. The molecule has 160 valence electrons. The topological polar surface area (TPSA) is 78.8 Å². The van der Waals surface area contributed by atoms with Crippen molar-refractivity contribution in [1.29, 1.82) is 0 Å². The van der Waals surface area contributed by atoms with Crippen molar-refractivity contribution in [2.24, 2.45) is 5.10 Å². The first-order valence-electron chi connectivity index (χ1n) is 10.1. The summed E-state index contributed by atoms with van der Waals surface area (Å²) in [6.07, 6.45) is 6.25. The Bertz CT molecular complexity index is 993. The Morgan fingerprint density at radius 1 is 1.00 bits per heavy atom. The third-order valence-corrected chi connectivity index (χ3v) is 7.35. The van der Waals surface area contributed by atoms with Gasteiger partial charge in [-0.15, -0.1) is 0 Å². The maximum atomic E-state index is 13.3. The smallest absolute Gasteiger partial charge is 0.264 e. The van der Waals surface area contributed by atoms with Crippen molar-refractivity contribution in [2.45, 2.75) is 50.3 Å². The second-order valence-corrected chi connectivity index (χ2v) is 10.2. The summed E-state index contributed by atoms with van der Waals surface area (Å²) in [5.41, 5.74) is 4.90. The normalized spacial score (nSPS) is 14.7. The minimum atomic E-state index is -3.92. The molecule has 0 bridgehead atoms. The molecule has 1 aliphatic rings. The maximum absolute atomic E-state index is 13.3. The van der Waals surface area contributed by atoms with Gasteiger partial charge >= 0.3 is 0 Å². The average Bonchev–Trinajstić information content (AvgIpc) is 3.00. The third kappa shape index (κ3) is 5.92. The van der Waals surface area contributed by atoms with E-state index in [1.807, 2.05) is 6.92 Å². The molecule has 0 spiro atoms. The highest BCUT2D eigenvalue weighted by molar-refractivity contribution is 9.10. The van der Waals surface area contributed by atoms with Gasteiger partial charge in [-0.2, -0.15) is 5.10 Å². The van der Waals surface area contributed by atoms with Crippen LogP contribution in [0.5, 0.6) is 0 Å². The van der Waals surface area contributed by atoms with Crippen molar-refractivity contribution in [3.05, 3.63) is 58.6 Å². The highest BCUT2D eigenvalue weighted by atomic mass is 79.9. The summed E-state index contributed by atoms with van der Waals surface area (Å²) < 4.78 is 28.6. The number of carbonyl (C=O) groups excluding carboxylic acids is 1. The molecule has 1 saturated carbocycles. The molecule has 0 atom stereocenters. The second-order valence-electron chi connectivity index (χ2n) is 7.43. The minimum absolute atomic E-state index is 0.138. The largest absolute Gasteiger partial charge is 0.271 e. The maximum Gasteiger partial charge on any atom is 0.264 e. The quantitative estimate of drug-likeness (QED) is 0.466. The van der Waals surface area contributed by atoms with Crippen LogP contribution in [-0.2, 0) is 14.8 Å². The summed E-state index contributed by atoms with van der Waals surface area (Å²) >= 11 is 3.36. The van der Waals surface area contributed by atoms with E-state index in [-0.39, 0.29) is 11.4 Å². The molecule has 1 fully saturated rings. The van der Waals surface area contributed by atoms with Crippen molar-refractivity contribution in [1.82, 2.24) is 5.43 Å². The molecule has 0 saturated heterocycles. The number of amides is 1. The number of benzene rings is 2. The molecular formula is C22H26BrN3O3S. The van der Waals surface area contributed by atoms with E-state index in [4.69, 9.17) is 0 Å². The van der Waals surface area contributed by atoms with Crippen molar-refractivity contribution in [2.75, 3.05) is 10.8 Å². The fraction of sp³-hybridized carbons (Fsp3) is 0.364. The van der Waals surface area contributed by atoms with Crippen LogP contribution >= 0.6 is 15.9 Å². The van der Waals surface area contributed by atoms with Gasteiger partial charge < -0.3 is 0 Å². The number of hydrogen-bond donors (Lipinski definition) is 1. The predicted molar refractivity (Wildman–Crippen MR) is 123 cm³/mol. The molecule has 30 heavy (non-hydrogen) atoms. The van der Waals surface area contributed by atoms with Crippen LogP contribution in [-0.4, -0.2) is 26.6 Å². The van der Waals surface area contributed by atoms with E-state index in [1.165, 1.54) is 12.8 Å². The van der Waals surface area contributed by atoms with E-state index in [2.05, 4.69) is 26.5 Å². The SMILES string of the molecule is Cc1ccc(S(=O)(=O)N(CC(=O)NN=C2CCCCCC2)c2ccc(Br)cc2)cc1. The summed E-state index contributed by atoms with van der Waals surface area (Å²) in [6, 6.07) is 13.4. The zero-order chi connectivity index (χ0) is 21.6. The number of halogens is 1. The molecule has 1 N–H and O–H groups in total. The van der Waals surface area contributed by atoms with Crippen molar-refractivity contribution < 1.29 is 13.2 Å². The fourth-order valence-corrected chi connectivity index (χ4v) is 5.00. The third-order valence-electron chi connectivity index (χ3n) is 5.03. The van der Waals surface area contributed by atoms with Gasteiger partial charge in [0.15, 0.2) is 0 Å². The van der Waals surface area contributed by atoms with Gasteiger partial charge in [0.1, 0.15) is 6.54 Å². The van der Waals surface area contributed by atoms with E-state index in [9.17, 15) is 13.2 Å². The molecule has 2 aromatic rings. The van der Waals surface area contributed by atoms with Crippen LogP contribution < -0.4 is 9.73 Å². The van der Waals surface area contributed by atoms with Crippen LogP contribution in [0.2, 0.25) is 0 Å². The Hall–Kier alpha value is -2.19. The van der Waals surface area contributed by atoms with Gasteiger partial charge in [-0.25, -0.2) is 13.8 Å². The summed E-state index contributed by atoms with van der Waals surface area (Å²) in [4.78, 5) is 12.8. The van der Waals surface area contributed by atoms with Gasteiger partial charge in [0, 0.05) is 10.2 Å². The highest BCUT2D eigenvalue weighted by Crippen LogP contribution is 2.25. The molecule has 2 aromatic carbocycles. The molecule has 0 heterocycles. The minimum Gasteiger partial charge on any atom is -0.271 e. The van der Waals surface area contributed by atoms with E-state index in [1.54, 1.807) is 48.5 Å². The molecule has 6 nitrogen and oxygen atoms in total. The monoisotopic (exact) mass is 491 g/mol. The lowest BCUT2D eigenvalue weighted by Gasteiger charge is -2.24. The van der Waals surface area contributed by atoms with Gasteiger partial charge in [-0.05, 0) is 69.0 Å². The van der Waals surface area contributed by atoms with Crippen LogP contribution in [0.1, 0.15) is 44.1 Å². The van der Waals surface area contributed by atoms with E-state index >= 15 is 0 Å². The number of aryl methyl sites for hydroxylation is 1. The number of sulfonamides is 1. The number of anilines is 1. The number of carbonyl (C=O) groups is 1. The van der Waals surface area contributed by atoms with Crippen LogP contribution in [0.3, 0.4) is 0 Å². The van der Waals surface area contributed by atoms with E-state index < -0.39 is 15.9 Å². The number of hydrogen-bond acceptors (Lipinski definition) is 4. The van der Waals surface area contributed by atoms with Crippen LogP contribution in [0.25, 0.3) is 0 Å². The number of nitrogens with zero attached hydrogens (tertiary/aromatic N) is 2.